The van der Waals surface area contributed by atoms with Crippen LogP contribution in [0.1, 0.15) is 36.5 Å². The first-order chi connectivity index (χ1) is 9.99. The Morgan fingerprint density at radius 1 is 1.33 bits per heavy atom. The fraction of sp³-hybridized carbons (Fsp3) is 0.467. The Morgan fingerprint density at radius 3 is 2.71 bits per heavy atom. The summed E-state index contributed by atoms with van der Waals surface area (Å²) < 4.78 is 1.01. The van der Waals surface area contributed by atoms with Gasteiger partial charge in [0.25, 0.3) is 0 Å². The lowest BCUT2D eigenvalue weighted by molar-refractivity contribution is -0.143. The first kappa shape index (κ1) is 14.9. The lowest BCUT2D eigenvalue weighted by Gasteiger charge is -2.40. The molecule has 0 saturated carbocycles. The molecule has 112 valence electrons. The fourth-order valence-corrected chi connectivity index (χ4v) is 4.75. The van der Waals surface area contributed by atoms with Crippen molar-refractivity contribution in [2.75, 3.05) is 14.1 Å². The molecular formula is C15H17BrN2O2S. The summed E-state index contributed by atoms with van der Waals surface area (Å²) in [4.78, 5) is 26.1. The predicted molar refractivity (Wildman–Crippen MR) is 85.8 cm³/mol. The molecule has 0 N–H and O–H groups in total. The van der Waals surface area contributed by atoms with Crippen LogP contribution in [0, 0.1) is 0 Å². The van der Waals surface area contributed by atoms with E-state index in [1.54, 1.807) is 21.4 Å². The Balaban J connectivity index is 2.12. The molecule has 1 aromatic heterocycles. The maximum Gasteiger partial charge on any atom is 0.242 e. The lowest BCUT2D eigenvalue weighted by atomic mass is 9.80. The molecule has 1 aromatic rings. The molecule has 6 heteroatoms. The molecule has 0 spiro atoms. The van der Waals surface area contributed by atoms with Crippen LogP contribution in [0.2, 0.25) is 0 Å². The van der Waals surface area contributed by atoms with Crippen molar-refractivity contribution >= 4 is 39.0 Å². The first-order valence-electron chi connectivity index (χ1n) is 6.99. The average molecular weight is 369 g/mol. The molecule has 0 bridgehead atoms. The van der Waals surface area contributed by atoms with Gasteiger partial charge in [-0.05, 0) is 34.8 Å². The maximum absolute atomic E-state index is 12.5. The number of ketones is 1. The highest BCUT2D eigenvalue weighted by atomic mass is 79.9. The fourth-order valence-electron chi connectivity index (χ4n) is 3.19. The minimum atomic E-state index is -0.0761. The molecule has 2 aliphatic rings. The van der Waals surface area contributed by atoms with Crippen molar-refractivity contribution in [3.05, 3.63) is 32.1 Å². The number of rotatable bonds is 2. The summed E-state index contributed by atoms with van der Waals surface area (Å²) in [6.07, 6.45) is 2.59. The van der Waals surface area contributed by atoms with Crippen molar-refractivity contribution in [2.45, 2.75) is 31.6 Å². The zero-order valence-corrected chi connectivity index (χ0v) is 14.5. The Hall–Kier alpha value is -0.980. The Bertz CT molecular complexity index is 635. The maximum atomic E-state index is 12.5. The highest BCUT2D eigenvalue weighted by Gasteiger charge is 2.40. The monoisotopic (exact) mass is 368 g/mol. The first-order valence-corrected chi connectivity index (χ1v) is 8.66. The number of hydrogen-bond donors (Lipinski definition) is 0. The second kappa shape index (κ2) is 5.66. The molecule has 0 fully saturated rings. The highest BCUT2D eigenvalue weighted by molar-refractivity contribution is 9.10. The third-order valence-electron chi connectivity index (χ3n) is 3.98. The number of carbonyl (C=O) groups excluding carboxylic acids is 2. The number of amides is 1. The van der Waals surface area contributed by atoms with Gasteiger partial charge in [0.05, 0.1) is 0 Å². The Kier molecular flexibility index (Phi) is 4.03. The molecule has 0 aromatic carbocycles. The van der Waals surface area contributed by atoms with Gasteiger partial charge in [0.15, 0.2) is 5.78 Å². The molecule has 0 radical (unpaired) electrons. The summed E-state index contributed by atoms with van der Waals surface area (Å²) in [5.41, 5.74) is 1.76. The van der Waals surface area contributed by atoms with Gasteiger partial charge in [0, 0.05) is 58.9 Å². The molecule has 4 nitrogen and oxygen atoms in total. The largest absolute Gasteiger partial charge is 0.294 e. The number of hydrogen-bond acceptors (Lipinski definition) is 4. The number of halogens is 1. The standard InChI is InChI=1S/C15H17BrN2O2S/c1-17(2)18-11-4-3-5-12(19)15(11)10(7-14(18)20)13-6-9(16)8-21-13/h6,8,10H,3-5,7H2,1-2H3/t10-/m1/s1. The van der Waals surface area contributed by atoms with Gasteiger partial charge in [0.2, 0.25) is 5.91 Å². The number of carbonyl (C=O) groups is 2. The van der Waals surface area contributed by atoms with Crippen LogP contribution in [0.15, 0.2) is 27.2 Å². The summed E-state index contributed by atoms with van der Waals surface area (Å²) in [6, 6.07) is 2.03. The van der Waals surface area contributed by atoms with Crippen LogP contribution in [0.25, 0.3) is 0 Å². The van der Waals surface area contributed by atoms with E-state index in [-0.39, 0.29) is 17.6 Å². The highest BCUT2D eigenvalue weighted by Crippen LogP contribution is 2.43. The van der Waals surface area contributed by atoms with E-state index in [9.17, 15) is 9.59 Å². The van der Waals surface area contributed by atoms with E-state index < -0.39 is 0 Å². The third-order valence-corrected chi connectivity index (χ3v) is 5.79. The minimum Gasteiger partial charge on any atom is -0.294 e. The summed E-state index contributed by atoms with van der Waals surface area (Å²) in [5.74, 6) is 0.195. The van der Waals surface area contributed by atoms with Crippen molar-refractivity contribution in [2.24, 2.45) is 0 Å². The Morgan fingerprint density at radius 2 is 2.10 bits per heavy atom. The molecule has 1 amide bonds. The second-order valence-corrected chi connectivity index (χ2v) is 7.47. The van der Waals surface area contributed by atoms with Crippen LogP contribution in [0.4, 0.5) is 0 Å². The number of allylic oxidation sites excluding steroid dienone is 2. The SMILES string of the molecule is CN(C)N1C(=O)C[C@H](c2cc(Br)cs2)C2=C1CCCC2=O. The average Bonchev–Trinajstić information content (AvgIpc) is 2.84. The van der Waals surface area contributed by atoms with E-state index in [1.165, 1.54) is 0 Å². The number of thiophene rings is 1. The van der Waals surface area contributed by atoms with E-state index in [1.807, 2.05) is 25.5 Å². The Labute approximate surface area is 136 Å². The molecule has 0 saturated heterocycles. The number of Topliss-reactive ketones (excluding diaryl/α,β-unsaturated/α-hetero) is 1. The normalized spacial score (nSPS) is 23.0. The lowest BCUT2D eigenvalue weighted by Crippen LogP contribution is -2.47. The minimum absolute atomic E-state index is 0.0722. The molecule has 1 aliphatic carbocycles. The van der Waals surface area contributed by atoms with Crippen molar-refractivity contribution < 1.29 is 9.59 Å². The zero-order valence-electron chi connectivity index (χ0n) is 12.1. The molecule has 1 aliphatic heterocycles. The van der Waals surface area contributed by atoms with Gasteiger partial charge >= 0.3 is 0 Å². The summed E-state index contributed by atoms with van der Waals surface area (Å²) >= 11 is 5.07. The van der Waals surface area contributed by atoms with Crippen molar-refractivity contribution in [1.29, 1.82) is 0 Å². The quantitative estimate of drug-likeness (QED) is 0.803. The van der Waals surface area contributed by atoms with E-state index in [4.69, 9.17) is 0 Å². The molecule has 2 heterocycles. The summed E-state index contributed by atoms with van der Waals surface area (Å²) in [5, 5.41) is 5.48. The van der Waals surface area contributed by atoms with E-state index >= 15 is 0 Å². The van der Waals surface area contributed by atoms with Crippen LogP contribution >= 0.6 is 27.3 Å². The van der Waals surface area contributed by atoms with E-state index in [0.717, 1.165) is 33.5 Å². The molecule has 1 atom stereocenters. The zero-order chi connectivity index (χ0) is 15.1. The van der Waals surface area contributed by atoms with Gasteiger partial charge in [0.1, 0.15) is 0 Å². The van der Waals surface area contributed by atoms with Crippen molar-refractivity contribution in [3.8, 4) is 0 Å². The van der Waals surface area contributed by atoms with Crippen LogP contribution in [-0.2, 0) is 9.59 Å². The van der Waals surface area contributed by atoms with Crippen LogP contribution in [0.3, 0.4) is 0 Å². The summed E-state index contributed by atoms with van der Waals surface area (Å²) in [6.45, 7) is 0. The van der Waals surface area contributed by atoms with E-state index in [2.05, 4.69) is 15.9 Å². The second-order valence-electron chi connectivity index (χ2n) is 5.61. The summed E-state index contributed by atoms with van der Waals surface area (Å²) in [7, 11) is 3.70. The van der Waals surface area contributed by atoms with Crippen LogP contribution in [0.5, 0.6) is 0 Å². The van der Waals surface area contributed by atoms with Gasteiger partial charge in [-0.3, -0.25) is 9.59 Å². The van der Waals surface area contributed by atoms with Crippen LogP contribution in [-0.4, -0.2) is 35.8 Å². The molecule has 21 heavy (non-hydrogen) atoms. The van der Waals surface area contributed by atoms with Gasteiger partial charge < -0.3 is 0 Å². The topological polar surface area (TPSA) is 40.6 Å². The van der Waals surface area contributed by atoms with Gasteiger partial charge in [-0.2, -0.15) is 0 Å². The third kappa shape index (κ3) is 2.60. The number of nitrogens with zero attached hydrogens (tertiary/aromatic N) is 2. The van der Waals surface area contributed by atoms with Gasteiger partial charge in [-0.25, -0.2) is 10.0 Å². The van der Waals surface area contributed by atoms with Crippen molar-refractivity contribution in [3.63, 3.8) is 0 Å². The van der Waals surface area contributed by atoms with Gasteiger partial charge in [-0.1, -0.05) is 0 Å². The predicted octanol–water partition coefficient (Wildman–Crippen LogP) is 3.31. The van der Waals surface area contributed by atoms with E-state index in [0.29, 0.717) is 12.8 Å². The number of hydrazine groups is 1. The molecular weight excluding hydrogens is 352 g/mol. The van der Waals surface area contributed by atoms with Gasteiger partial charge in [-0.15, -0.1) is 11.3 Å². The van der Waals surface area contributed by atoms with Crippen molar-refractivity contribution in [1.82, 2.24) is 10.0 Å². The molecule has 3 rings (SSSR count). The van der Waals surface area contributed by atoms with Crippen LogP contribution < -0.4 is 0 Å². The molecule has 0 unspecified atom stereocenters. The smallest absolute Gasteiger partial charge is 0.242 e.